The number of carbonyl (C=O) groups is 1. The van der Waals surface area contributed by atoms with E-state index in [2.05, 4.69) is 15.5 Å². The number of aromatic nitrogens is 1. The number of nitrogens with two attached hydrogens (primary N) is 1. The van der Waals surface area contributed by atoms with Crippen LogP contribution in [0.15, 0.2) is 23.5 Å². The molecule has 1 amide bonds. The molecule has 0 aliphatic heterocycles. The van der Waals surface area contributed by atoms with Gasteiger partial charge in [-0.3, -0.25) is 4.79 Å². The summed E-state index contributed by atoms with van der Waals surface area (Å²) in [5.74, 6) is 0.413. The maximum Gasteiger partial charge on any atom is 0.223 e. The van der Waals surface area contributed by atoms with Crippen LogP contribution in [0, 0.1) is 0 Å². The maximum absolute atomic E-state index is 11.0. The highest BCUT2D eigenvalue weighted by Crippen LogP contribution is 1.98. The van der Waals surface area contributed by atoms with Gasteiger partial charge in [-0.15, -0.1) is 0 Å². The third-order valence-electron chi connectivity index (χ3n) is 1.88. The van der Waals surface area contributed by atoms with Gasteiger partial charge in [-0.25, -0.2) is 4.98 Å². The Morgan fingerprint density at radius 3 is 3.12 bits per heavy atom. The molecule has 1 aromatic rings. The van der Waals surface area contributed by atoms with E-state index < -0.39 is 0 Å². The lowest BCUT2D eigenvalue weighted by Crippen LogP contribution is -2.23. The van der Waals surface area contributed by atoms with Crippen LogP contribution in [0.25, 0.3) is 0 Å². The van der Waals surface area contributed by atoms with Gasteiger partial charge in [0.15, 0.2) is 0 Å². The van der Waals surface area contributed by atoms with E-state index in [4.69, 9.17) is 10.6 Å². The van der Waals surface area contributed by atoms with Crippen molar-refractivity contribution < 1.29 is 9.63 Å². The monoisotopic (exact) mass is 236 g/mol. The summed E-state index contributed by atoms with van der Waals surface area (Å²) in [6, 6.07) is 3.45. The van der Waals surface area contributed by atoms with Crippen LogP contribution in [-0.4, -0.2) is 30.3 Å². The number of anilines is 1. The molecule has 0 radical (unpaired) electrons. The van der Waals surface area contributed by atoms with E-state index in [1.165, 1.54) is 6.21 Å². The van der Waals surface area contributed by atoms with Crippen molar-refractivity contribution in [3.8, 4) is 0 Å². The van der Waals surface area contributed by atoms with Gasteiger partial charge in [0.25, 0.3) is 0 Å². The molecule has 0 fully saturated rings. The van der Waals surface area contributed by atoms with Crippen molar-refractivity contribution in [3.05, 3.63) is 23.9 Å². The highest BCUT2D eigenvalue weighted by molar-refractivity contribution is 5.78. The molecule has 6 heteroatoms. The Labute approximate surface area is 99.9 Å². The summed E-state index contributed by atoms with van der Waals surface area (Å²) >= 11 is 0. The summed E-state index contributed by atoms with van der Waals surface area (Å²) in [4.78, 5) is 19.9. The van der Waals surface area contributed by atoms with Crippen molar-refractivity contribution in [2.24, 2.45) is 5.16 Å². The number of amides is 1. The standard InChI is InChI=1S/C11H16N4O2/c1-2-13-11(16)5-6-17-15-8-9-3-4-10(12)14-7-9/h3-4,7-8H,2,5-6H2,1H3,(H2,12,14)(H,13,16)/b15-8+. The maximum atomic E-state index is 11.0. The second kappa shape index (κ2) is 7.21. The van der Waals surface area contributed by atoms with Crippen molar-refractivity contribution >= 4 is 17.9 Å². The van der Waals surface area contributed by atoms with Gasteiger partial charge in [0.1, 0.15) is 12.4 Å². The van der Waals surface area contributed by atoms with Gasteiger partial charge in [-0.05, 0) is 19.1 Å². The largest absolute Gasteiger partial charge is 0.395 e. The Morgan fingerprint density at radius 2 is 2.47 bits per heavy atom. The van der Waals surface area contributed by atoms with Crippen molar-refractivity contribution in [1.82, 2.24) is 10.3 Å². The minimum absolute atomic E-state index is 0.0446. The quantitative estimate of drug-likeness (QED) is 0.428. The normalized spacial score (nSPS) is 10.4. The Kier molecular flexibility index (Phi) is 5.50. The molecule has 17 heavy (non-hydrogen) atoms. The zero-order valence-electron chi connectivity index (χ0n) is 9.72. The molecule has 92 valence electrons. The molecule has 0 unspecified atom stereocenters. The first kappa shape index (κ1) is 13.0. The van der Waals surface area contributed by atoms with E-state index in [1.807, 2.05) is 6.92 Å². The van der Waals surface area contributed by atoms with Gasteiger partial charge in [0.2, 0.25) is 5.91 Å². The predicted octanol–water partition coefficient (Wildman–Crippen LogP) is 0.540. The first-order valence-corrected chi connectivity index (χ1v) is 5.36. The van der Waals surface area contributed by atoms with E-state index >= 15 is 0 Å². The SMILES string of the molecule is CCNC(=O)CCO/N=C/c1ccc(N)nc1. The summed E-state index contributed by atoms with van der Waals surface area (Å²) in [6.45, 7) is 2.74. The van der Waals surface area contributed by atoms with E-state index in [-0.39, 0.29) is 12.5 Å². The van der Waals surface area contributed by atoms with Gasteiger partial charge < -0.3 is 15.9 Å². The number of hydrogen-bond donors (Lipinski definition) is 2. The summed E-state index contributed by atoms with van der Waals surface area (Å²) in [7, 11) is 0. The number of carbonyl (C=O) groups excluding carboxylic acids is 1. The first-order valence-electron chi connectivity index (χ1n) is 5.36. The van der Waals surface area contributed by atoms with Crippen LogP contribution < -0.4 is 11.1 Å². The number of hydrogen-bond acceptors (Lipinski definition) is 5. The van der Waals surface area contributed by atoms with Crippen molar-refractivity contribution in [2.75, 3.05) is 18.9 Å². The zero-order chi connectivity index (χ0) is 12.5. The van der Waals surface area contributed by atoms with E-state index in [0.29, 0.717) is 18.8 Å². The molecular formula is C11H16N4O2. The first-order chi connectivity index (χ1) is 8.22. The molecule has 0 atom stereocenters. The average molecular weight is 236 g/mol. The van der Waals surface area contributed by atoms with Crippen molar-refractivity contribution in [2.45, 2.75) is 13.3 Å². The van der Waals surface area contributed by atoms with Crippen molar-refractivity contribution in [1.29, 1.82) is 0 Å². The molecule has 0 saturated carbocycles. The highest BCUT2D eigenvalue weighted by atomic mass is 16.6. The zero-order valence-corrected chi connectivity index (χ0v) is 9.72. The lowest BCUT2D eigenvalue weighted by Gasteiger charge is -2.00. The second-order valence-corrected chi connectivity index (χ2v) is 3.29. The molecule has 0 bridgehead atoms. The number of nitrogens with one attached hydrogen (secondary N) is 1. The minimum atomic E-state index is -0.0446. The molecule has 6 nitrogen and oxygen atoms in total. The fraction of sp³-hybridized carbons (Fsp3) is 0.364. The van der Waals surface area contributed by atoms with Gasteiger partial charge in [-0.2, -0.15) is 0 Å². The molecule has 0 spiro atoms. The van der Waals surface area contributed by atoms with Crippen molar-refractivity contribution in [3.63, 3.8) is 0 Å². The Morgan fingerprint density at radius 1 is 1.65 bits per heavy atom. The predicted molar refractivity (Wildman–Crippen MR) is 65.5 cm³/mol. The fourth-order valence-electron chi connectivity index (χ4n) is 1.07. The Bertz CT molecular complexity index is 376. The lowest BCUT2D eigenvalue weighted by molar-refractivity contribution is -0.122. The van der Waals surface area contributed by atoms with Crippen LogP contribution in [-0.2, 0) is 9.63 Å². The molecule has 1 heterocycles. The summed E-state index contributed by atoms with van der Waals surface area (Å²) in [5.41, 5.74) is 6.22. The summed E-state index contributed by atoms with van der Waals surface area (Å²) in [6.07, 6.45) is 3.40. The Hall–Kier alpha value is -2.11. The number of nitrogens with zero attached hydrogens (tertiary/aromatic N) is 2. The van der Waals surface area contributed by atoms with E-state index in [1.54, 1.807) is 18.3 Å². The van der Waals surface area contributed by atoms with Crippen LogP contribution >= 0.6 is 0 Å². The summed E-state index contributed by atoms with van der Waals surface area (Å²) < 4.78 is 0. The van der Waals surface area contributed by atoms with E-state index in [0.717, 1.165) is 5.56 Å². The van der Waals surface area contributed by atoms with Gasteiger partial charge in [-0.1, -0.05) is 5.16 Å². The second-order valence-electron chi connectivity index (χ2n) is 3.29. The number of nitrogen functional groups attached to an aromatic ring is 1. The number of pyridine rings is 1. The molecule has 0 aliphatic carbocycles. The fourth-order valence-corrected chi connectivity index (χ4v) is 1.07. The minimum Gasteiger partial charge on any atom is -0.395 e. The third-order valence-corrected chi connectivity index (χ3v) is 1.88. The summed E-state index contributed by atoms with van der Waals surface area (Å²) in [5, 5.41) is 6.38. The van der Waals surface area contributed by atoms with Crippen LogP contribution in [0.2, 0.25) is 0 Å². The molecule has 0 aromatic carbocycles. The molecule has 3 N–H and O–H groups in total. The molecule has 1 aromatic heterocycles. The highest BCUT2D eigenvalue weighted by Gasteiger charge is 1.97. The van der Waals surface area contributed by atoms with Crippen LogP contribution in [0.3, 0.4) is 0 Å². The van der Waals surface area contributed by atoms with Gasteiger partial charge in [0.05, 0.1) is 12.6 Å². The van der Waals surface area contributed by atoms with Crippen LogP contribution in [0.4, 0.5) is 5.82 Å². The van der Waals surface area contributed by atoms with Gasteiger partial charge >= 0.3 is 0 Å². The molecular weight excluding hydrogens is 220 g/mol. The van der Waals surface area contributed by atoms with Crippen LogP contribution in [0.1, 0.15) is 18.9 Å². The average Bonchev–Trinajstić information content (AvgIpc) is 2.31. The topological polar surface area (TPSA) is 89.6 Å². The molecule has 0 saturated heterocycles. The molecule has 0 aliphatic rings. The van der Waals surface area contributed by atoms with Crippen LogP contribution in [0.5, 0.6) is 0 Å². The lowest BCUT2D eigenvalue weighted by atomic mass is 10.3. The molecule has 1 rings (SSSR count). The smallest absolute Gasteiger partial charge is 0.223 e. The number of oxime groups is 1. The third kappa shape index (κ3) is 5.50. The van der Waals surface area contributed by atoms with Gasteiger partial charge in [0, 0.05) is 18.3 Å². The Balaban J connectivity index is 2.22. The number of rotatable bonds is 6. The van der Waals surface area contributed by atoms with E-state index in [9.17, 15) is 4.79 Å².